The molecular formula is C9H12N6. The van der Waals surface area contributed by atoms with Crippen molar-refractivity contribution in [2.45, 2.75) is 13.5 Å². The Morgan fingerprint density at radius 1 is 1.40 bits per heavy atom. The van der Waals surface area contributed by atoms with Crippen LogP contribution >= 0.6 is 0 Å². The molecule has 0 saturated heterocycles. The van der Waals surface area contributed by atoms with Crippen LogP contribution in [0.15, 0.2) is 18.3 Å². The summed E-state index contributed by atoms with van der Waals surface area (Å²) < 4.78 is 0. The minimum atomic E-state index is 0.417. The zero-order chi connectivity index (χ0) is 10.7. The van der Waals surface area contributed by atoms with Gasteiger partial charge in [-0.3, -0.25) is 5.10 Å². The van der Waals surface area contributed by atoms with Crippen LogP contribution in [0.5, 0.6) is 0 Å². The lowest BCUT2D eigenvalue weighted by Gasteiger charge is -2.03. The minimum Gasteiger partial charge on any atom is -0.382 e. The zero-order valence-corrected chi connectivity index (χ0v) is 8.36. The quantitative estimate of drug-likeness (QED) is 0.684. The van der Waals surface area contributed by atoms with E-state index < -0.39 is 0 Å². The molecule has 0 radical (unpaired) electrons. The van der Waals surface area contributed by atoms with Crippen LogP contribution in [0.25, 0.3) is 0 Å². The SMILES string of the molecule is Cc1[nH]ncc1CNc1ccc(N)nn1. The first-order chi connectivity index (χ1) is 7.25. The molecule has 6 nitrogen and oxygen atoms in total. The molecule has 4 N–H and O–H groups in total. The molecule has 2 rings (SSSR count). The molecule has 6 heteroatoms. The summed E-state index contributed by atoms with van der Waals surface area (Å²) in [5.41, 5.74) is 7.58. The Labute approximate surface area is 86.9 Å². The molecule has 0 amide bonds. The number of rotatable bonds is 3. The third-order valence-corrected chi connectivity index (χ3v) is 2.08. The van der Waals surface area contributed by atoms with Crippen LogP contribution in [0.1, 0.15) is 11.3 Å². The first-order valence-electron chi connectivity index (χ1n) is 4.57. The van der Waals surface area contributed by atoms with Gasteiger partial charge in [0.1, 0.15) is 11.6 Å². The average molecular weight is 204 g/mol. The van der Waals surface area contributed by atoms with Gasteiger partial charge in [0.2, 0.25) is 0 Å². The number of H-pyrrole nitrogens is 1. The molecule has 0 aliphatic rings. The Morgan fingerprint density at radius 3 is 2.87 bits per heavy atom. The topological polar surface area (TPSA) is 92.5 Å². The lowest BCUT2D eigenvalue weighted by Crippen LogP contribution is -2.03. The van der Waals surface area contributed by atoms with Crippen LogP contribution in [-0.2, 0) is 6.54 Å². The van der Waals surface area contributed by atoms with Crippen molar-refractivity contribution in [1.82, 2.24) is 20.4 Å². The fraction of sp³-hybridized carbons (Fsp3) is 0.222. The molecule has 2 heterocycles. The lowest BCUT2D eigenvalue weighted by molar-refractivity contribution is 1.00. The highest BCUT2D eigenvalue weighted by atomic mass is 15.2. The highest BCUT2D eigenvalue weighted by molar-refractivity contribution is 5.39. The van der Waals surface area contributed by atoms with Crippen LogP contribution in [0.4, 0.5) is 11.6 Å². The minimum absolute atomic E-state index is 0.417. The van der Waals surface area contributed by atoms with E-state index in [0.717, 1.165) is 11.3 Å². The van der Waals surface area contributed by atoms with Crippen molar-refractivity contribution in [3.05, 3.63) is 29.6 Å². The number of hydrogen-bond acceptors (Lipinski definition) is 5. The maximum Gasteiger partial charge on any atom is 0.149 e. The maximum absolute atomic E-state index is 5.43. The fourth-order valence-electron chi connectivity index (χ4n) is 1.18. The number of nitrogens with one attached hydrogen (secondary N) is 2. The van der Waals surface area contributed by atoms with Crippen LogP contribution in [-0.4, -0.2) is 20.4 Å². The van der Waals surface area contributed by atoms with E-state index in [1.807, 2.05) is 6.92 Å². The molecule has 0 spiro atoms. The van der Waals surface area contributed by atoms with Gasteiger partial charge in [-0.1, -0.05) is 0 Å². The Balaban J connectivity index is 1.99. The van der Waals surface area contributed by atoms with Gasteiger partial charge in [0.15, 0.2) is 0 Å². The summed E-state index contributed by atoms with van der Waals surface area (Å²) in [6.45, 7) is 2.64. The number of nitrogen functional groups attached to an aromatic ring is 1. The van der Waals surface area contributed by atoms with E-state index >= 15 is 0 Å². The standard InChI is InChI=1S/C9H12N6/c1-6-7(5-12-13-6)4-11-9-3-2-8(10)14-15-9/h2-3,5H,4H2,1H3,(H2,10,14)(H,11,15)(H,12,13). The van der Waals surface area contributed by atoms with Gasteiger partial charge in [0.25, 0.3) is 0 Å². The van der Waals surface area contributed by atoms with Gasteiger partial charge in [-0.05, 0) is 19.1 Å². The third kappa shape index (κ3) is 2.22. The summed E-state index contributed by atoms with van der Waals surface area (Å²) >= 11 is 0. The second-order valence-electron chi connectivity index (χ2n) is 3.22. The Bertz CT molecular complexity index is 432. The molecule has 0 fully saturated rings. The molecule has 2 aromatic heterocycles. The first-order valence-corrected chi connectivity index (χ1v) is 4.57. The smallest absolute Gasteiger partial charge is 0.149 e. The van der Waals surface area contributed by atoms with E-state index in [1.54, 1.807) is 18.3 Å². The molecule has 15 heavy (non-hydrogen) atoms. The predicted molar refractivity (Wildman–Crippen MR) is 57.1 cm³/mol. The Hall–Kier alpha value is -2.11. The summed E-state index contributed by atoms with van der Waals surface area (Å²) in [6.07, 6.45) is 1.78. The van der Waals surface area contributed by atoms with Gasteiger partial charge >= 0.3 is 0 Å². The number of nitrogens with zero attached hydrogens (tertiary/aromatic N) is 3. The third-order valence-electron chi connectivity index (χ3n) is 2.08. The van der Waals surface area contributed by atoms with Crippen molar-refractivity contribution < 1.29 is 0 Å². The molecule has 0 aliphatic heterocycles. The second kappa shape index (κ2) is 3.95. The number of nitrogens with two attached hydrogens (primary N) is 1. The second-order valence-corrected chi connectivity index (χ2v) is 3.22. The van der Waals surface area contributed by atoms with Crippen molar-refractivity contribution in [2.24, 2.45) is 0 Å². The van der Waals surface area contributed by atoms with E-state index in [-0.39, 0.29) is 0 Å². The van der Waals surface area contributed by atoms with Gasteiger partial charge in [-0.15, -0.1) is 10.2 Å². The van der Waals surface area contributed by atoms with E-state index in [0.29, 0.717) is 18.2 Å². The van der Waals surface area contributed by atoms with Crippen LogP contribution in [0.2, 0.25) is 0 Å². The molecule has 0 aromatic carbocycles. The van der Waals surface area contributed by atoms with E-state index in [4.69, 9.17) is 5.73 Å². The monoisotopic (exact) mass is 204 g/mol. The summed E-state index contributed by atoms with van der Waals surface area (Å²) in [4.78, 5) is 0. The van der Waals surface area contributed by atoms with Gasteiger partial charge < -0.3 is 11.1 Å². The molecular weight excluding hydrogens is 192 g/mol. The molecule has 2 aromatic rings. The summed E-state index contributed by atoms with van der Waals surface area (Å²) in [5, 5.41) is 17.6. The average Bonchev–Trinajstić information content (AvgIpc) is 2.63. The molecule has 0 aliphatic carbocycles. The molecule has 0 unspecified atom stereocenters. The lowest BCUT2D eigenvalue weighted by atomic mass is 10.2. The van der Waals surface area contributed by atoms with Crippen LogP contribution in [0.3, 0.4) is 0 Å². The van der Waals surface area contributed by atoms with E-state index in [2.05, 4.69) is 25.7 Å². The number of hydrogen-bond donors (Lipinski definition) is 3. The molecule has 0 atom stereocenters. The number of anilines is 2. The Kier molecular flexibility index (Phi) is 2.49. The fourth-order valence-corrected chi connectivity index (χ4v) is 1.18. The first kappa shape index (κ1) is 9.45. The predicted octanol–water partition coefficient (Wildman–Crippen LogP) is 0.702. The van der Waals surface area contributed by atoms with Gasteiger partial charge in [0.05, 0.1) is 6.20 Å². The van der Waals surface area contributed by atoms with Crippen molar-refractivity contribution in [1.29, 1.82) is 0 Å². The molecule has 0 saturated carbocycles. The maximum atomic E-state index is 5.43. The van der Waals surface area contributed by atoms with Crippen LogP contribution < -0.4 is 11.1 Å². The highest BCUT2D eigenvalue weighted by Gasteiger charge is 2.00. The zero-order valence-electron chi connectivity index (χ0n) is 8.36. The van der Waals surface area contributed by atoms with Gasteiger partial charge in [0, 0.05) is 17.8 Å². The van der Waals surface area contributed by atoms with Crippen LogP contribution in [0, 0.1) is 6.92 Å². The molecule has 0 bridgehead atoms. The highest BCUT2D eigenvalue weighted by Crippen LogP contribution is 2.07. The summed E-state index contributed by atoms with van der Waals surface area (Å²) in [6, 6.07) is 3.50. The number of aryl methyl sites for hydroxylation is 1. The van der Waals surface area contributed by atoms with E-state index in [9.17, 15) is 0 Å². The molecule has 78 valence electrons. The van der Waals surface area contributed by atoms with Gasteiger partial charge in [-0.2, -0.15) is 5.10 Å². The van der Waals surface area contributed by atoms with Crippen molar-refractivity contribution >= 4 is 11.6 Å². The summed E-state index contributed by atoms with van der Waals surface area (Å²) in [7, 11) is 0. The van der Waals surface area contributed by atoms with E-state index in [1.165, 1.54) is 0 Å². The number of aromatic nitrogens is 4. The largest absolute Gasteiger partial charge is 0.382 e. The summed E-state index contributed by atoms with van der Waals surface area (Å²) in [5.74, 6) is 1.12. The van der Waals surface area contributed by atoms with Crippen molar-refractivity contribution in [3.63, 3.8) is 0 Å². The van der Waals surface area contributed by atoms with Crippen molar-refractivity contribution in [3.8, 4) is 0 Å². The Morgan fingerprint density at radius 2 is 2.27 bits per heavy atom. The van der Waals surface area contributed by atoms with Gasteiger partial charge in [-0.25, -0.2) is 0 Å². The normalized spacial score (nSPS) is 10.2. The number of aromatic amines is 1. The van der Waals surface area contributed by atoms with Crippen molar-refractivity contribution in [2.75, 3.05) is 11.1 Å².